The number of aliphatic hydroxyl groups is 1. The SMILES string of the molecule is OCC1CCCN(CCCNc2nnc(-c3ccccc3)s2)C1. The molecule has 5 nitrogen and oxygen atoms in total. The van der Waals surface area contributed by atoms with Gasteiger partial charge in [-0.3, -0.25) is 0 Å². The first-order valence-electron chi connectivity index (χ1n) is 8.31. The third-order valence-electron chi connectivity index (χ3n) is 4.23. The number of rotatable bonds is 7. The van der Waals surface area contributed by atoms with Gasteiger partial charge in [0.05, 0.1) is 0 Å². The molecule has 1 unspecified atom stereocenters. The number of anilines is 1. The van der Waals surface area contributed by atoms with Crippen LogP contribution in [0.4, 0.5) is 5.13 Å². The number of benzene rings is 1. The zero-order chi connectivity index (χ0) is 15.9. The van der Waals surface area contributed by atoms with E-state index in [2.05, 4.69) is 32.5 Å². The normalized spacial score (nSPS) is 18.9. The number of nitrogens with one attached hydrogen (secondary N) is 1. The Hall–Kier alpha value is -1.50. The topological polar surface area (TPSA) is 61.3 Å². The average Bonchev–Trinajstić information content (AvgIpc) is 3.09. The van der Waals surface area contributed by atoms with Crippen LogP contribution in [-0.2, 0) is 0 Å². The van der Waals surface area contributed by atoms with E-state index in [1.54, 1.807) is 11.3 Å². The molecule has 23 heavy (non-hydrogen) atoms. The molecule has 0 aliphatic carbocycles. The van der Waals surface area contributed by atoms with Crippen LogP contribution in [0.5, 0.6) is 0 Å². The maximum atomic E-state index is 9.27. The summed E-state index contributed by atoms with van der Waals surface area (Å²) in [7, 11) is 0. The summed E-state index contributed by atoms with van der Waals surface area (Å²) in [6.45, 7) is 4.50. The first kappa shape index (κ1) is 16.4. The summed E-state index contributed by atoms with van der Waals surface area (Å²) in [5.74, 6) is 0.466. The molecule has 1 saturated heterocycles. The van der Waals surface area contributed by atoms with Gasteiger partial charge >= 0.3 is 0 Å². The van der Waals surface area contributed by atoms with Crippen molar-refractivity contribution in [3.05, 3.63) is 30.3 Å². The lowest BCUT2D eigenvalue weighted by Gasteiger charge is -2.31. The van der Waals surface area contributed by atoms with Crippen LogP contribution in [0.15, 0.2) is 30.3 Å². The van der Waals surface area contributed by atoms with E-state index < -0.39 is 0 Å². The molecule has 0 amide bonds. The monoisotopic (exact) mass is 332 g/mol. The lowest BCUT2D eigenvalue weighted by Crippen LogP contribution is -2.37. The fourth-order valence-electron chi connectivity index (χ4n) is 2.99. The lowest BCUT2D eigenvalue weighted by molar-refractivity contribution is 0.120. The second kappa shape index (κ2) is 8.38. The van der Waals surface area contributed by atoms with Gasteiger partial charge in [0, 0.05) is 25.3 Å². The van der Waals surface area contributed by atoms with Crippen LogP contribution in [0.2, 0.25) is 0 Å². The molecule has 2 N–H and O–H groups in total. The van der Waals surface area contributed by atoms with E-state index in [4.69, 9.17) is 0 Å². The Bertz CT molecular complexity index is 589. The van der Waals surface area contributed by atoms with Gasteiger partial charge in [-0.05, 0) is 38.3 Å². The summed E-state index contributed by atoms with van der Waals surface area (Å²) in [6.07, 6.45) is 3.45. The van der Waals surface area contributed by atoms with E-state index in [1.807, 2.05) is 18.2 Å². The maximum Gasteiger partial charge on any atom is 0.206 e. The van der Waals surface area contributed by atoms with Gasteiger partial charge in [0.2, 0.25) is 5.13 Å². The number of likely N-dealkylation sites (tertiary alicyclic amines) is 1. The molecule has 1 aromatic carbocycles. The van der Waals surface area contributed by atoms with Gasteiger partial charge in [0.1, 0.15) is 5.01 Å². The highest BCUT2D eigenvalue weighted by Crippen LogP contribution is 2.25. The van der Waals surface area contributed by atoms with Crippen LogP contribution in [0.1, 0.15) is 19.3 Å². The van der Waals surface area contributed by atoms with Crippen molar-refractivity contribution in [2.24, 2.45) is 5.92 Å². The summed E-state index contributed by atoms with van der Waals surface area (Å²) < 4.78 is 0. The van der Waals surface area contributed by atoms with E-state index in [0.29, 0.717) is 12.5 Å². The largest absolute Gasteiger partial charge is 0.396 e. The van der Waals surface area contributed by atoms with Gasteiger partial charge < -0.3 is 15.3 Å². The van der Waals surface area contributed by atoms with E-state index >= 15 is 0 Å². The van der Waals surface area contributed by atoms with Crippen LogP contribution >= 0.6 is 11.3 Å². The molecule has 0 saturated carbocycles. The van der Waals surface area contributed by atoms with Gasteiger partial charge in [-0.2, -0.15) is 0 Å². The number of aromatic nitrogens is 2. The molecule has 124 valence electrons. The molecule has 0 radical (unpaired) electrons. The number of hydrogen-bond donors (Lipinski definition) is 2. The highest BCUT2D eigenvalue weighted by Gasteiger charge is 2.18. The molecule has 3 rings (SSSR count). The molecular weight excluding hydrogens is 308 g/mol. The highest BCUT2D eigenvalue weighted by molar-refractivity contribution is 7.18. The van der Waals surface area contributed by atoms with E-state index in [-0.39, 0.29) is 0 Å². The fourth-order valence-corrected chi connectivity index (χ4v) is 3.77. The molecule has 1 atom stereocenters. The van der Waals surface area contributed by atoms with Gasteiger partial charge in [-0.1, -0.05) is 41.7 Å². The average molecular weight is 332 g/mol. The first-order chi connectivity index (χ1) is 11.3. The smallest absolute Gasteiger partial charge is 0.206 e. The minimum Gasteiger partial charge on any atom is -0.396 e. The first-order valence-corrected chi connectivity index (χ1v) is 9.13. The standard InChI is InChI=1S/C17H24N4OS/c22-13-14-6-4-10-21(12-14)11-5-9-18-17-20-19-16(23-17)15-7-2-1-3-8-15/h1-3,7-8,14,22H,4-6,9-13H2,(H,18,20). The van der Waals surface area contributed by atoms with Crippen LogP contribution in [-0.4, -0.2) is 53.0 Å². The Balaban J connectivity index is 1.40. The van der Waals surface area contributed by atoms with Crippen molar-refractivity contribution in [1.29, 1.82) is 0 Å². The second-order valence-electron chi connectivity index (χ2n) is 6.05. The van der Waals surface area contributed by atoms with Gasteiger partial charge in [0.15, 0.2) is 0 Å². The van der Waals surface area contributed by atoms with Crippen molar-refractivity contribution in [3.63, 3.8) is 0 Å². The highest BCUT2D eigenvalue weighted by atomic mass is 32.1. The molecule has 0 spiro atoms. The Morgan fingerprint density at radius 1 is 1.26 bits per heavy atom. The molecule has 0 bridgehead atoms. The molecule has 6 heteroatoms. The van der Waals surface area contributed by atoms with Crippen molar-refractivity contribution in [1.82, 2.24) is 15.1 Å². The molecule has 1 aliphatic heterocycles. The third-order valence-corrected chi connectivity index (χ3v) is 5.16. The summed E-state index contributed by atoms with van der Waals surface area (Å²) in [4.78, 5) is 2.46. The predicted octanol–water partition coefficient (Wildman–Crippen LogP) is 2.71. The van der Waals surface area contributed by atoms with Crippen LogP contribution in [0.3, 0.4) is 0 Å². The number of hydrogen-bond acceptors (Lipinski definition) is 6. The van der Waals surface area contributed by atoms with Crippen LogP contribution < -0.4 is 5.32 Å². The zero-order valence-electron chi connectivity index (χ0n) is 13.3. The van der Waals surface area contributed by atoms with Crippen molar-refractivity contribution in [2.75, 3.05) is 38.1 Å². The molecular formula is C17H24N4OS. The predicted molar refractivity (Wildman–Crippen MR) is 94.7 cm³/mol. The molecule has 2 heterocycles. The van der Waals surface area contributed by atoms with E-state index in [9.17, 15) is 5.11 Å². The van der Waals surface area contributed by atoms with Gasteiger partial charge in [-0.15, -0.1) is 10.2 Å². The number of piperidine rings is 1. The molecule has 1 aromatic heterocycles. The van der Waals surface area contributed by atoms with Crippen molar-refractivity contribution < 1.29 is 5.11 Å². The van der Waals surface area contributed by atoms with Gasteiger partial charge in [-0.25, -0.2) is 0 Å². The summed E-state index contributed by atoms with van der Waals surface area (Å²) in [5.41, 5.74) is 1.11. The van der Waals surface area contributed by atoms with Crippen LogP contribution in [0.25, 0.3) is 10.6 Å². The zero-order valence-corrected chi connectivity index (χ0v) is 14.1. The summed E-state index contributed by atoms with van der Waals surface area (Å²) in [5, 5.41) is 22.9. The number of aliphatic hydroxyl groups excluding tert-OH is 1. The Morgan fingerprint density at radius 3 is 2.96 bits per heavy atom. The van der Waals surface area contributed by atoms with E-state index in [1.165, 1.54) is 6.42 Å². The fraction of sp³-hybridized carbons (Fsp3) is 0.529. The molecule has 1 fully saturated rings. The second-order valence-corrected chi connectivity index (χ2v) is 7.03. The third kappa shape index (κ3) is 4.73. The van der Waals surface area contributed by atoms with Crippen molar-refractivity contribution in [3.8, 4) is 10.6 Å². The lowest BCUT2D eigenvalue weighted by atomic mass is 9.99. The van der Waals surface area contributed by atoms with Crippen LogP contribution in [0, 0.1) is 5.92 Å². The summed E-state index contributed by atoms with van der Waals surface area (Å²) in [6, 6.07) is 10.1. The minimum absolute atomic E-state index is 0.321. The van der Waals surface area contributed by atoms with E-state index in [0.717, 1.165) is 54.7 Å². The minimum atomic E-state index is 0.321. The van der Waals surface area contributed by atoms with Gasteiger partial charge in [0.25, 0.3) is 0 Å². The quantitative estimate of drug-likeness (QED) is 0.764. The molecule has 1 aliphatic rings. The Kier molecular flexibility index (Phi) is 5.96. The Labute approximate surface area is 141 Å². The maximum absolute atomic E-state index is 9.27. The van der Waals surface area contributed by atoms with Crippen molar-refractivity contribution in [2.45, 2.75) is 19.3 Å². The molecule has 2 aromatic rings. The van der Waals surface area contributed by atoms with Crippen molar-refractivity contribution >= 4 is 16.5 Å². The summed E-state index contributed by atoms with van der Waals surface area (Å²) >= 11 is 1.60. The number of nitrogens with zero attached hydrogens (tertiary/aromatic N) is 3. The Morgan fingerprint density at radius 2 is 2.13 bits per heavy atom.